The number of imidazole rings is 1. The predicted molar refractivity (Wildman–Crippen MR) is 64.0 cm³/mol. The van der Waals surface area contributed by atoms with Crippen LogP contribution in [0.4, 0.5) is 5.95 Å². The summed E-state index contributed by atoms with van der Waals surface area (Å²) in [6, 6.07) is 4.27. The molecule has 1 fully saturated rings. The summed E-state index contributed by atoms with van der Waals surface area (Å²) in [7, 11) is 0. The smallest absolute Gasteiger partial charge is 0.202 e. The topological polar surface area (TPSA) is 56.7 Å². The Kier molecular flexibility index (Phi) is 2.09. The summed E-state index contributed by atoms with van der Waals surface area (Å²) in [6.45, 7) is 2.22. The van der Waals surface area contributed by atoms with Crippen molar-refractivity contribution in [1.82, 2.24) is 14.5 Å². The summed E-state index contributed by atoms with van der Waals surface area (Å²) < 4.78 is 2.08. The van der Waals surface area contributed by atoms with Gasteiger partial charge < -0.3 is 5.73 Å². The summed E-state index contributed by atoms with van der Waals surface area (Å²) in [5.74, 6) is 1.33. The second kappa shape index (κ2) is 3.47. The molecule has 0 spiro atoms. The molecular weight excluding hydrogens is 200 g/mol. The molecule has 1 unspecified atom stereocenters. The zero-order valence-electron chi connectivity index (χ0n) is 9.43. The van der Waals surface area contributed by atoms with E-state index in [0.29, 0.717) is 12.0 Å². The maximum Gasteiger partial charge on any atom is 0.202 e. The van der Waals surface area contributed by atoms with Crippen LogP contribution >= 0.6 is 0 Å². The summed E-state index contributed by atoms with van der Waals surface area (Å²) in [5, 5.41) is 0. The van der Waals surface area contributed by atoms with E-state index >= 15 is 0 Å². The SMILES string of the molecule is CC(C1CCC1)n1c(N)nc2cccnc21. The fraction of sp³-hybridized carbons (Fsp3) is 0.500. The lowest BCUT2D eigenvalue weighted by Crippen LogP contribution is -2.24. The third-order valence-electron chi connectivity index (χ3n) is 3.72. The van der Waals surface area contributed by atoms with Crippen molar-refractivity contribution in [2.24, 2.45) is 5.92 Å². The molecule has 1 aliphatic rings. The number of fused-ring (bicyclic) bond motifs is 1. The molecule has 16 heavy (non-hydrogen) atoms. The van der Waals surface area contributed by atoms with Crippen molar-refractivity contribution in [3.05, 3.63) is 18.3 Å². The highest BCUT2D eigenvalue weighted by Gasteiger charge is 2.27. The molecule has 84 valence electrons. The first-order chi connectivity index (χ1) is 7.77. The normalized spacial score (nSPS) is 18.6. The Bertz CT molecular complexity index is 513. The van der Waals surface area contributed by atoms with Gasteiger partial charge in [0.05, 0.1) is 0 Å². The second-order valence-electron chi connectivity index (χ2n) is 4.62. The Morgan fingerprint density at radius 3 is 3.00 bits per heavy atom. The molecular formula is C12H16N4. The molecule has 4 heteroatoms. The number of anilines is 1. The van der Waals surface area contributed by atoms with Crippen LogP contribution in [0.15, 0.2) is 18.3 Å². The Balaban J connectivity index is 2.10. The van der Waals surface area contributed by atoms with E-state index in [1.165, 1.54) is 19.3 Å². The van der Waals surface area contributed by atoms with E-state index in [0.717, 1.165) is 17.1 Å². The van der Waals surface area contributed by atoms with Crippen molar-refractivity contribution in [2.45, 2.75) is 32.2 Å². The molecule has 0 bridgehead atoms. The Morgan fingerprint density at radius 2 is 2.31 bits per heavy atom. The second-order valence-corrected chi connectivity index (χ2v) is 4.62. The van der Waals surface area contributed by atoms with Gasteiger partial charge >= 0.3 is 0 Å². The number of hydrogen-bond acceptors (Lipinski definition) is 3. The summed E-state index contributed by atoms with van der Waals surface area (Å²) >= 11 is 0. The molecule has 2 aromatic heterocycles. The summed E-state index contributed by atoms with van der Waals surface area (Å²) in [6.07, 6.45) is 5.74. The lowest BCUT2D eigenvalue weighted by molar-refractivity contribution is 0.227. The lowest BCUT2D eigenvalue weighted by Gasteiger charge is -2.32. The average Bonchev–Trinajstić information content (AvgIpc) is 2.50. The standard InChI is InChI=1S/C12H16N4/c1-8(9-4-2-5-9)16-11-10(15-12(16)13)6-3-7-14-11/h3,6-9H,2,4-5H2,1H3,(H2,13,15). The van der Waals surface area contributed by atoms with E-state index < -0.39 is 0 Å². The number of rotatable bonds is 2. The average molecular weight is 216 g/mol. The van der Waals surface area contributed by atoms with Crippen molar-refractivity contribution in [1.29, 1.82) is 0 Å². The number of nitrogen functional groups attached to an aromatic ring is 1. The monoisotopic (exact) mass is 216 g/mol. The summed E-state index contributed by atoms with van der Waals surface area (Å²) in [5.41, 5.74) is 7.79. The van der Waals surface area contributed by atoms with E-state index in [1.807, 2.05) is 12.1 Å². The van der Waals surface area contributed by atoms with Crippen molar-refractivity contribution in [2.75, 3.05) is 5.73 Å². The third kappa shape index (κ3) is 1.29. The van der Waals surface area contributed by atoms with Gasteiger partial charge in [-0.25, -0.2) is 9.97 Å². The highest BCUT2D eigenvalue weighted by molar-refractivity contribution is 5.73. The number of nitrogens with zero attached hydrogens (tertiary/aromatic N) is 3. The minimum Gasteiger partial charge on any atom is -0.369 e. The molecule has 0 radical (unpaired) electrons. The van der Waals surface area contributed by atoms with Crippen LogP contribution in [-0.2, 0) is 0 Å². The Hall–Kier alpha value is -1.58. The Morgan fingerprint density at radius 1 is 1.50 bits per heavy atom. The minimum atomic E-state index is 0.411. The van der Waals surface area contributed by atoms with Crippen LogP contribution in [0.25, 0.3) is 11.2 Å². The zero-order valence-corrected chi connectivity index (χ0v) is 9.43. The van der Waals surface area contributed by atoms with E-state index in [4.69, 9.17) is 5.73 Å². The van der Waals surface area contributed by atoms with Crippen LogP contribution in [0.3, 0.4) is 0 Å². The van der Waals surface area contributed by atoms with Crippen molar-refractivity contribution < 1.29 is 0 Å². The van der Waals surface area contributed by atoms with Gasteiger partial charge in [-0.1, -0.05) is 6.42 Å². The third-order valence-corrected chi connectivity index (χ3v) is 3.72. The first kappa shape index (κ1) is 9.63. The molecule has 2 N–H and O–H groups in total. The molecule has 0 amide bonds. The largest absolute Gasteiger partial charge is 0.369 e. The molecule has 2 heterocycles. The fourth-order valence-corrected chi connectivity index (χ4v) is 2.48. The van der Waals surface area contributed by atoms with Gasteiger partial charge in [0.15, 0.2) is 5.65 Å². The molecule has 0 aliphatic heterocycles. The molecule has 1 atom stereocenters. The van der Waals surface area contributed by atoms with Gasteiger partial charge in [0.1, 0.15) is 5.52 Å². The van der Waals surface area contributed by atoms with Gasteiger partial charge in [-0.15, -0.1) is 0 Å². The van der Waals surface area contributed by atoms with E-state index in [9.17, 15) is 0 Å². The van der Waals surface area contributed by atoms with Crippen LogP contribution in [0.5, 0.6) is 0 Å². The van der Waals surface area contributed by atoms with Crippen LogP contribution in [0, 0.1) is 5.92 Å². The van der Waals surface area contributed by atoms with Gasteiger partial charge in [0, 0.05) is 12.2 Å². The number of hydrogen-bond donors (Lipinski definition) is 1. The molecule has 4 nitrogen and oxygen atoms in total. The van der Waals surface area contributed by atoms with Crippen molar-refractivity contribution in [3.8, 4) is 0 Å². The van der Waals surface area contributed by atoms with E-state index in [2.05, 4.69) is 21.5 Å². The molecule has 1 aliphatic carbocycles. The van der Waals surface area contributed by atoms with Crippen molar-refractivity contribution >= 4 is 17.1 Å². The number of aromatic nitrogens is 3. The first-order valence-electron chi connectivity index (χ1n) is 5.86. The molecule has 2 aromatic rings. The zero-order chi connectivity index (χ0) is 11.1. The van der Waals surface area contributed by atoms with Gasteiger partial charge in [-0.3, -0.25) is 4.57 Å². The molecule has 3 rings (SSSR count). The van der Waals surface area contributed by atoms with Crippen LogP contribution in [-0.4, -0.2) is 14.5 Å². The van der Waals surface area contributed by atoms with Gasteiger partial charge in [-0.2, -0.15) is 0 Å². The van der Waals surface area contributed by atoms with E-state index in [-0.39, 0.29) is 0 Å². The lowest BCUT2D eigenvalue weighted by atomic mass is 9.80. The maximum absolute atomic E-state index is 5.98. The minimum absolute atomic E-state index is 0.411. The number of pyridine rings is 1. The van der Waals surface area contributed by atoms with Crippen molar-refractivity contribution in [3.63, 3.8) is 0 Å². The molecule has 0 aromatic carbocycles. The Labute approximate surface area is 94.5 Å². The predicted octanol–water partition coefficient (Wildman–Crippen LogP) is 2.37. The fourth-order valence-electron chi connectivity index (χ4n) is 2.48. The quantitative estimate of drug-likeness (QED) is 0.838. The summed E-state index contributed by atoms with van der Waals surface area (Å²) in [4.78, 5) is 8.74. The molecule has 1 saturated carbocycles. The highest BCUT2D eigenvalue weighted by Crippen LogP contribution is 2.38. The highest BCUT2D eigenvalue weighted by atomic mass is 15.2. The van der Waals surface area contributed by atoms with Crippen LogP contribution in [0.2, 0.25) is 0 Å². The van der Waals surface area contributed by atoms with Gasteiger partial charge in [0.25, 0.3) is 0 Å². The van der Waals surface area contributed by atoms with E-state index in [1.54, 1.807) is 6.20 Å². The van der Waals surface area contributed by atoms with Crippen LogP contribution < -0.4 is 5.73 Å². The van der Waals surface area contributed by atoms with Gasteiger partial charge in [0.2, 0.25) is 5.95 Å². The van der Waals surface area contributed by atoms with Gasteiger partial charge in [-0.05, 0) is 37.8 Å². The first-order valence-corrected chi connectivity index (χ1v) is 5.86. The molecule has 0 saturated heterocycles. The van der Waals surface area contributed by atoms with Crippen LogP contribution in [0.1, 0.15) is 32.2 Å². The number of nitrogens with two attached hydrogens (primary N) is 1. The maximum atomic E-state index is 5.98.